The molecule has 0 heterocycles. The average Bonchev–Trinajstić information content (AvgIpc) is 2.31. The van der Waals surface area contributed by atoms with Crippen molar-refractivity contribution in [1.82, 2.24) is 0 Å². The Hall–Kier alpha value is 0.610. The first-order valence-electron chi connectivity index (χ1n) is 7.40. The second-order valence-electron chi connectivity index (χ2n) is 6.11. The van der Waals surface area contributed by atoms with Gasteiger partial charge in [-0.05, 0) is 44.9 Å². The van der Waals surface area contributed by atoms with Gasteiger partial charge in [-0.15, -0.1) is 0 Å². The van der Waals surface area contributed by atoms with Crippen LogP contribution in [0.15, 0.2) is 11.6 Å². The minimum Gasteiger partial charge on any atom is -0.746 e. The Morgan fingerprint density at radius 2 is 1.67 bits per heavy atom. The number of hydrogen-bond donors (Lipinski definition) is 1. The molecule has 0 aliphatic rings. The van der Waals surface area contributed by atoms with Gasteiger partial charge in [0.1, 0.15) is 15.6 Å². The molecule has 3 atom stereocenters. The summed E-state index contributed by atoms with van der Waals surface area (Å²) in [5.41, 5.74) is -0.420. The van der Waals surface area contributed by atoms with Gasteiger partial charge in [-0.1, -0.05) is 44.8 Å². The Bertz CT molecular complexity index is 388. The van der Waals surface area contributed by atoms with E-state index in [1.807, 2.05) is 0 Å². The van der Waals surface area contributed by atoms with Crippen LogP contribution in [0.1, 0.15) is 66.2 Å². The van der Waals surface area contributed by atoms with Crippen molar-refractivity contribution in [2.24, 2.45) is 11.8 Å². The first kappa shape index (κ1) is 23.9. The molecule has 1 N–H and O–H groups in total. The maximum absolute atomic E-state index is 10.7. The summed E-state index contributed by atoms with van der Waals surface area (Å²) in [5, 5.41) is 9.32. The van der Waals surface area contributed by atoms with Gasteiger partial charge in [0.2, 0.25) is 0 Å². The van der Waals surface area contributed by atoms with Crippen LogP contribution < -0.4 is 29.6 Å². The van der Waals surface area contributed by atoms with Gasteiger partial charge in [-0.3, -0.25) is 0 Å². The van der Waals surface area contributed by atoms with Crippen LogP contribution in [0.5, 0.6) is 0 Å². The molecule has 3 unspecified atom stereocenters. The third-order valence-electron chi connectivity index (χ3n) is 3.60. The molecule has 0 spiro atoms. The molecule has 0 aromatic rings. The van der Waals surface area contributed by atoms with Crippen LogP contribution in [-0.4, -0.2) is 23.5 Å². The molecule has 120 valence electrons. The van der Waals surface area contributed by atoms with E-state index < -0.39 is 21.5 Å². The fourth-order valence-corrected chi connectivity index (χ4v) is 2.89. The SMILES string of the molecule is CC(C)=CCCC(C)CCCCC(C)C(O)S(=O)(=O)[O-].[Na+]. The quantitative estimate of drug-likeness (QED) is 0.273. The minimum atomic E-state index is -4.58. The van der Waals surface area contributed by atoms with Crippen molar-refractivity contribution in [3.8, 4) is 0 Å². The second-order valence-corrected chi connectivity index (χ2v) is 7.58. The second kappa shape index (κ2) is 12.1. The molecule has 0 aliphatic heterocycles. The molecule has 0 aromatic heterocycles. The maximum atomic E-state index is 10.7. The number of allylic oxidation sites excluding steroid dienone is 2. The topological polar surface area (TPSA) is 77.4 Å². The molecule has 0 saturated heterocycles. The molecule has 0 aromatic carbocycles. The molecule has 0 saturated carbocycles. The van der Waals surface area contributed by atoms with E-state index in [2.05, 4.69) is 26.8 Å². The smallest absolute Gasteiger partial charge is 0.746 e. The van der Waals surface area contributed by atoms with Crippen LogP contribution in [0.25, 0.3) is 0 Å². The number of aliphatic hydroxyl groups is 1. The Morgan fingerprint density at radius 1 is 1.14 bits per heavy atom. The first-order valence-corrected chi connectivity index (χ1v) is 8.88. The van der Waals surface area contributed by atoms with Crippen molar-refractivity contribution in [2.45, 2.75) is 71.7 Å². The summed E-state index contributed by atoms with van der Waals surface area (Å²) in [4.78, 5) is 0. The molecule has 0 fully saturated rings. The Kier molecular flexibility index (Phi) is 13.7. The van der Waals surface area contributed by atoms with E-state index in [9.17, 15) is 18.1 Å². The van der Waals surface area contributed by atoms with Gasteiger partial charge >= 0.3 is 29.6 Å². The molecule has 21 heavy (non-hydrogen) atoms. The predicted molar refractivity (Wildman–Crippen MR) is 81.2 cm³/mol. The maximum Gasteiger partial charge on any atom is 1.00 e. The van der Waals surface area contributed by atoms with E-state index in [1.165, 1.54) is 5.57 Å². The van der Waals surface area contributed by atoms with Crippen LogP contribution in [0.3, 0.4) is 0 Å². The molecule has 0 radical (unpaired) electrons. The Labute approximate surface area is 152 Å². The van der Waals surface area contributed by atoms with Gasteiger partial charge in [-0.2, -0.15) is 0 Å². The molecule has 6 heteroatoms. The van der Waals surface area contributed by atoms with Gasteiger partial charge in [-0.25, -0.2) is 8.42 Å². The Balaban J connectivity index is 0. The van der Waals surface area contributed by atoms with Crippen LogP contribution >= 0.6 is 0 Å². The molecule has 4 nitrogen and oxygen atoms in total. The monoisotopic (exact) mass is 328 g/mol. The summed E-state index contributed by atoms with van der Waals surface area (Å²) in [6.07, 6.45) is 8.04. The van der Waals surface area contributed by atoms with Crippen molar-refractivity contribution in [3.63, 3.8) is 0 Å². The average molecular weight is 328 g/mol. The third-order valence-corrected chi connectivity index (χ3v) is 4.66. The summed E-state index contributed by atoms with van der Waals surface area (Å²) < 4.78 is 32.0. The zero-order valence-corrected chi connectivity index (χ0v) is 16.9. The van der Waals surface area contributed by atoms with Gasteiger partial charge in [0.15, 0.2) is 0 Å². The normalized spacial score (nSPS) is 15.7. The van der Waals surface area contributed by atoms with Gasteiger partial charge in [0.25, 0.3) is 0 Å². The van der Waals surface area contributed by atoms with Crippen LogP contribution in [0.2, 0.25) is 0 Å². The Morgan fingerprint density at radius 3 is 2.14 bits per heavy atom. The van der Waals surface area contributed by atoms with Gasteiger partial charge in [0.05, 0.1) is 0 Å². The summed E-state index contributed by atoms with van der Waals surface area (Å²) in [5.74, 6) is 0.160. The largest absolute Gasteiger partial charge is 1.00 e. The van der Waals surface area contributed by atoms with E-state index in [0.717, 1.165) is 32.1 Å². The number of aliphatic hydroxyl groups excluding tert-OH is 1. The zero-order chi connectivity index (χ0) is 15.8. The summed E-state index contributed by atoms with van der Waals surface area (Å²) in [7, 11) is -4.58. The van der Waals surface area contributed by atoms with Crippen molar-refractivity contribution < 1.29 is 47.6 Å². The molecule has 0 amide bonds. The van der Waals surface area contributed by atoms with Crippen molar-refractivity contribution in [2.75, 3.05) is 0 Å². The summed E-state index contributed by atoms with van der Waals surface area (Å²) >= 11 is 0. The van der Waals surface area contributed by atoms with Crippen LogP contribution in [0.4, 0.5) is 0 Å². The molecule has 0 bridgehead atoms. The van der Waals surface area contributed by atoms with Gasteiger partial charge < -0.3 is 9.66 Å². The molecule has 0 aliphatic carbocycles. The number of hydrogen-bond acceptors (Lipinski definition) is 4. The van der Waals surface area contributed by atoms with E-state index in [1.54, 1.807) is 6.92 Å². The number of rotatable bonds is 10. The molecular weight excluding hydrogens is 299 g/mol. The van der Waals surface area contributed by atoms with E-state index in [0.29, 0.717) is 12.3 Å². The first-order chi connectivity index (χ1) is 9.14. The fraction of sp³-hybridized carbons (Fsp3) is 0.867. The summed E-state index contributed by atoms with van der Waals surface area (Å²) in [6.45, 7) is 8.03. The van der Waals surface area contributed by atoms with E-state index in [4.69, 9.17) is 0 Å². The molecule has 0 rings (SSSR count). The number of unbranched alkanes of at least 4 members (excludes halogenated alkanes) is 1. The van der Waals surface area contributed by atoms with Crippen molar-refractivity contribution >= 4 is 10.1 Å². The minimum absolute atomic E-state index is 0. The predicted octanol–water partition coefficient (Wildman–Crippen LogP) is 0.433. The summed E-state index contributed by atoms with van der Waals surface area (Å²) in [6, 6.07) is 0. The van der Waals surface area contributed by atoms with Crippen LogP contribution in [-0.2, 0) is 10.1 Å². The van der Waals surface area contributed by atoms with Gasteiger partial charge in [0, 0.05) is 0 Å². The standard InChI is InChI=1S/C15H30O4S.Na/c1-12(2)8-7-10-13(3)9-5-6-11-14(4)15(16)20(17,18)19;/h8,13-16H,5-7,9-11H2,1-4H3,(H,17,18,19);/q;+1/p-1. The van der Waals surface area contributed by atoms with Crippen molar-refractivity contribution in [1.29, 1.82) is 0 Å². The van der Waals surface area contributed by atoms with Crippen molar-refractivity contribution in [3.05, 3.63) is 11.6 Å². The van der Waals surface area contributed by atoms with Crippen LogP contribution in [0, 0.1) is 11.8 Å². The molecular formula is C15H29NaO4S. The van der Waals surface area contributed by atoms with E-state index in [-0.39, 0.29) is 29.6 Å². The third kappa shape index (κ3) is 12.8. The zero-order valence-electron chi connectivity index (χ0n) is 14.1. The van der Waals surface area contributed by atoms with E-state index >= 15 is 0 Å². The fourth-order valence-electron chi connectivity index (χ4n) is 2.19.